The van der Waals surface area contributed by atoms with Gasteiger partial charge in [-0.2, -0.15) is 0 Å². The number of rotatable bonds is 6. The predicted octanol–water partition coefficient (Wildman–Crippen LogP) is 2.81. The van der Waals surface area contributed by atoms with E-state index >= 15 is 0 Å². The van der Waals surface area contributed by atoms with Gasteiger partial charge >= 0.3 is 6.09 Å². The van der Waals surface area contributed by atoms with Crippen LogP contribution in [0.3, 0.4) is 0 Å². The Hall–Kier alpha value is -2.37. The summed E-state index contributed by atoms with van der Waals surface area (Å²) in [4.78, 5) is 14.0. The minimum absolute atomic E-state index is 0.0123. The van der Waals surface area contributed by atoms with Crippen molar-refractivity contribution in [2.45, 2.75) is 19.3 Å². The van der Waals surface area contributed by atoms with Crippen LogP contribution in [0.2, 0.25) is 0 Å². The Balaban J connectivity index is 1.40. The van der Waals surface area contributed by atoms with Crippen molar-refractivity contribution >= 4 is 6.09 Å². The van der Waals surface area contributed by atoms with Crippen molar-refractivity contribution < 1.29 is 14.3 Å². The molecule has 5 nitrogen and oxygen atoms in total. The normalized spacial score (nSPS) is 17.3. The smallest absolute Gasteiger partial charge is 0.410 e. The highest BCUT2D eigenvalue weighted by atomic mass is 16.6. The van der Waals surface area contributed by atoms with Crippen LogP contribution in [0.1, 0.15) is 11.1 Å². The van der Waals surface area contributed by atoms with Gasteiger partial charge in [0.05, 0.1) is 19.3 Å². The lowest BCUT2D eigenvalue weighted by Gasteiger charge is -2.32. The summed E-state index contributed by atoms with van der Waals surface area (Å²) in [5.74, 6) is 0. The van der Waals surface area contributed by atoms with E-state index in [1.165, 1.54) is 5.56 Å². The second kappa shape index (κ2) is 9.20. The molecule has 2 aromatic rings. The zero-order valence-corrected chi connectivity index (χ0v) is 14.3. The molecular formula is C20H24N2O3. The van der Waals surface area contributed by atoms with E-state index in [0.717, 1.165) is 12.1 Å². The van der Waals surface area contributed by atoms with Gasteiger partial charge in [-0.3, -0.25) is 0 Å². The predicted molar refractivity (Wildman–Crippen MR) is 96.1 cm³/mol. The van der Waals surface area contributed by atoms with Crippen LogP contribution in [0.5, 0.6) is 0 Å². The maximum atomic E-state index is 12.2. The van der Waals surface area contributed by atoms with Crippen LogP contribution in [0.25, 0.3) is 0 Å². The van der Waals surface area contributed by atoms with Gasteiger partial charge < -0.3 is 19.7 Å². The SMILES string of the molecule is O=C(OCc1ccccc1)N1CCOC(CNCc2ccccc2)C1. The first kappa shape index (κ1) is 17.5. The number of carbonyl (C=O) groups excluding carboxylic acids is 1. The Kier molecular flexibility index (Phi) is 6.42. The van der Waals surface area contributed by atoms with Crippen LogP contribution in [-0.2, 0) is 22.6 Å². The molecule has 1 heterocycles. The molecule has 0 saturated carbocycles. The lowest BCUT2D eigenvalue weighted by Crippen LogP contribution is -2.49. The van der Waals surface area contributed by atoms with Crippen LogP contribution in [0.15, 0.2) is 60.7 Å². The van der Waals surface area contributed by atoms with Crippen molar-refractivity contribution in [3.8, 4) is 0 Å². The summed E-state index contributed by atoms with van der Waals surface area (Å²) in [6, 6.07) is 19.9. The van der Waals surface area contributed by atoms with Crippen LogP contribution in [0.4, 0.5) is 4.79 Å². The van der Waals surface area contributed by atoms with Gasteiger partial charge in [0.2, 0.25) is 0 Å². The third-order valence-corrected chi connectivity index (χ3v) is 4.15. The largest absolute Gasteiger partial charge is 0.445 e. The molecule has 132 valence electrons. The molecule has 0 radical (unpaired) electrons. The van der Waals surface area contributed by atoms with E-state index < -0.39 is 0 Å². The Labute approximate surface area is 148 Å². The van der Waals surface area contributed by atoms with Gasteiger partial charge in [0.1, 0.15) is 6.61 Å². The molecule has 1 atom stereocenters. The van der Waals surface area contributed by atoms with Crippen molar-refractivity contribution in [3.63, 3.8) is 0 Å². The topological polar surface area (TPSA) is 50.8 Å². The van der Waals surface area contributed by atoms with Crippen LogP contribution in [-0.4, -0.2) is 43.3 Å². The molecule has 5 heteroatoms. The van der Waals surface area contributed by atoms with E-state index in [0.29, 0.717) is 32.8 Å². The highest BCUT2D eigenvalue weighted by molar-refractivity contribution is 5.67. The molecule has 1 unspecified atom stereocenters. The summed E-state index contributed by atoms with van der Waals surface area (Å²) >= 11 is 0. The number of hydrogen-bond donors (Lipinski definition) is 1. The van der Waals surface area contributed by atoms with Crippen LogP contribution < -0.4 is 5.32 Å². The molecule has 3 rings (SSSR count). The van der Waals surface area contributed by atoms with Gasteiger partial charge in [-0.05, 0) is 11.1 Å². The van der Waals surface area contributed by atoms with E-state index in [9.17, 15) is 4.79 Å². The fourth-order valence-corrected chi connectivity index (χ4v) is 2.79. The number of nitrogens with one attached hydrogen (secondary N) is 1. The molecule has 1 aliphatic heterocycles. The van der Waals surface area contributed by atoms with Crippen molar-refractivity contribution in [1.29, 1.82) is 0 Å². The number of ether oxygens (including phenoxy) is 2. The molecule has 0 aromatic heterocycles. The molecule has 1 amide bonds. The summed E-state index contributed by atoms with van der Waals surface area (Å²) in [6.45, 7) is 3.46. The van der Waals surface area contributed by atoms with E-state index in [1.807, 2.05) is 48.5 Å². The first-order chi connectivity index (χ1) is 12.3. The third kappa shape index (κ3) is 5.59. The van der Waals surface area contributed by atoms with E-state index in [4.69, 9.17) is 9.47 Å². The Morgan fingerprint density at radius 2 is 1.76 bits per heavy atom. The highest BCUT2D eigenvalue weighted by Crippen LogP contribution is 2.09. The number of benzene rings is 2. The summed E-state index contributed by atoms with van der Waals surface area (Å²) in [7, 11) is 0. The van der Waals surface area contributed by atoms with Gasteiger partial charge in [-0.1, -0.05) is 60.7 Å². The van der Waals surface area contributed by atoms with Gasteiger partial charge in [0.25, 0.3) is 0 Å². The van der Waals surface area contributed by atoms with E-state index in [-0.39, 0.29) is 12.2 Å². The fraction of sp³-hybridized carbons (Fsp3) is 0.350. The summed E-state index contributed by atoms with van der Waals surface area (Å²) < 4.78 is 11.1. The van der Waals surface area contributed by atoms with Gasteiger partial charge in [-0.25, -0.2) is 4.79 Å². The van der Waals surface area contributed by atoms with E-state index in [2.05, 4.69) is 17.4 Å². The minimum atomic E-state index is -0.278. The summed E-state index contributed by atoms with van der Waals surface area (Å²) in [5.41, 5.74) is 2.22. The monoisotopic (exact) mass is 340 g/mol. The first-order valence-corrected chi connectivity index (χ1v) is 8.63. The average Bonchev–Trinajstić information content (AvgIpc) is 2.68. The molecule has 0 aliphatic carbocycles. The van der Waals surface area contributed by atoms with Crippen LogP contribution >= 0.6 is 0 Å². The zero-order chi connectivity index (χ0) is 17.3. The Morgan fingerprint density at radius 3 is 2.48 bits per heavy atom. The number of carbonyl (C=O) groups is 1. The minimum Gasteiger partial charge on any atom is -0.445 e. The maximum absolute atomic E-state index is 12.2. The number of hydrogen-bond acceptors (Lipinski definition) is 4. The van der Waals surface area contributed by atoms with Crippen molar-refractivity contribution in [1.82, 2.24) is 10.2 Å². The Morgan fingerprint density at radius 1 is 1.08 bits per heavy atom. The molecule has 2 aromatic carbocycles. The van der Waals surface area contributed by atoms with Gasteiger partial charge in [-0.15, -0.1) is 0 Å². The lowest BCUT2D eigenvalue weighted by atomic mass is 10.2. The quantitative estimate of drug-likeness (QED) is 0.878. The van der Waals surface area contributed by atoms with Gasteiger partial charge in [0, 0.05) is 19.6 Å². The second-order valence-corrected chi connectivity index (χ2v) is 6.10. The maximum Gasteiger partial charge on any atom is 0.410 e. The Bertz CT molecular complexity index is 649. The summed E-state index contributed by atoms with van der Waals surface area (Å²) in [5, 5.41) is 3.38. The van der Waals surface area contributed by atoms with Crippen molar-refractivity contribution in [2.24, 2.45) is 0 Å². The lowest BCUT2D eigenvalue weighted by molar-refractivity contribution is -0.0271. The van der Waals surface area contributed by atoms with Gasteiger partial charge in [0.15, 0.2) is 0 Å². The molecular weight excluding hydrogens is 316 g/mol. The molecule has 1 aliphatic rings. The highest BCUT2D eigenvalue weighted by Gasteiger charge is 2.25. The number of morpholine rings is 1. The average molecular weight is 340 g/mol. The summed E-state index contributed by atoms with van der Waals surface area (Å²) in [6.07, 6.45) is -0.290. The standard InChI is InChI=1S/C20H24N2O3/c23-20(25-16-18-9-5-2-6-10-18)22-11-12-24-19(15-22)14-21-13-17-7-3-1-4-8-17/h1-10,19,21H,11-16H2. The van der Waals surface area contributed by atoms with Crippen molar-refractivity contribution in [2.75, 3.05) is 26.2 Å². The molecule has 0 bridgehead atoms. The third-order valence-electron chi connectivity index (χ3n) is 4.15. The zero-order valence-electron chi connectivity index (χ0n) is 14.3. The molecule has 0 spiro atoms. The second-order valence-electron chi connectivity index (χ2n) is 6.10. The number of nitrogens with zero attached hydrogens (tertiary/aromatic N) is 1. The fourth-order valence-electron chi connectivity index (χ4n) is 2.79. The van der Waals surface area contributed by atoms with Crippen LogP contribution in [0, 0.1) is 0 Å². The molecule has 25 heavy (non-hydrogen) atoms. The van der Waals surface area contributed by atoms with Crippen molar-refractivity contribution in [3.05, 3.63) is 71.8 Å². The number of amides is 1. The van der Waals surface area contributed by atoms with E-state index in [1.54, 1.807) is 4.90 Å². The molecule has 1 fully saturated rings. The molecule has 1 N–H and O–H groups in total. The first-order valence-electron chi connectivity index (χ1n) is 8.63. The molecule has 1 saturated heterocycles.